The Labute approximate surface area is 193 Å². The summed E-state index contributed by atoms with van der Waals surface area (Å²) in [5, 5.41) is 14.6. The highest BCUT2D eigenvalue weighted by Gasteiger charge is 2.31. The van der Waals surface area contributed by atoms with Gasteiger partial charge in [0.2, 0.25) is 11.8 Å². The van der Waals surface area contributed by atoms with E-state index in [-0.39, 0.29) is 23.5 Å². The van der Waals surface area contributed by atoms with Crippen molar-refractivity contribution in [3.63, 3.8) is 0 Å². The number of rotatable bonds is 7. The lowest BCUT2D eigenvalue weighted by atomic mass is 9.97. The van der Waals surface area contributed by atoms with Gasteiger partial charge in [-0.05, 0) is 62.1 Å². The zero-order chi connectivity index (χ0) is 23.4. The maximum atomic E-state index is 12.6. The Kier molecular flexibility index (Phi) is 7.06. The van der Waals surface area contributed by atoms with Crippen molar-refractivity contribution in [1.29, 1.82) is 0 Å². The predicted octanol–water partition coefficient (Wildman–Crippen LogP) is 3.72. The predicted molar refractivity (Wildman–Crippen MR) is 119 cm³/mol. The molecule has 1 aliphatic heterocycles. The first kappa shape index (κ1) is 23.3. The second-order valence-electron chi connectivity index (χ2n) is 8.21. The van der Waals surface area contributed by atoms with Crippen LogP contribution in [0, 0.1) is 5.92 Å². The highest BCUT2D eigenvalue weighted by molar-refractivity contribution is 7.99. The minimum absolute atomic E-state index is 0.0438. The van der Waals surface area contributed by atoms with E-state index in [1.807, 2.05) is 6.07 Å². The van der Waals surface area contributed by atoms with Gasteiger partial charge in [0.15, 0.2) is 5.82 Å². The van der Waals surface area contributed by atoms with Crippen molar-refractivity contribution in [3.05, 3.63) is 42.0 Å². The standard InChI is InChI=1S/C22H24F3N5O2S/c23-22(24,25)15-3-5-16(6-4-15)26-19(31)13-33-20-10-9-18(28-29-20)30-11-1-2-14(12-30)21(32)27-17-7-8-17/h3-6,9-10,14,17H,1-2,7-8,11-13H2,(H,26,31)(H,27,32). The second kappa shape index (κ2) is 9.98. The highest BCUT2D eigenvalue weighted by Crippen LogP contribution is 2.30. The smallest absolute Gasteiger partial charge is 0.354 e. The molecule has 0 radical (unpaired) electrons. The van der Waals surface area contributed by atoms with E-state index in [1.54, 1.807) is 6.07 Å². The van der Waals surface area contributed by atoms with Crippen LogP contribution in [-0.4, -0.2) is 46.9 Å². The molecule has 1 saturated heterocycles. The largest absolute Gasteiger partial charge is 0.416 e. The molecule has 1 aromatic carbocycles. The summed E-state index contributed by atoms with van der Waals surface area (Å²) in [6.45, 7) is 1.42. The number of benzene rings is 1. The third-order valence-corrected chi connectivity index (χ3v) is 6.43. The van der Waals surface area contributed by atoms with Crippen LogP contribution in [0.4, 0.5) is 24.7 Å². The SMILES string of the molecule is O=C(CSc1ccc(N2CCCC(C(=O)NC3CC3)C2)nn1)Nc1ccc(C(F)(F)F)cc1. The Morgan fingerprint density at radius 1 is 1.06 bits per heavy atom. The van der Waals surface area contributed by atoms with E-state index in [1.165, 1.54) is 23.9 Å². The van der Waals surface area contributed by atoms with Crippen LogP contribution >= 0.6 is 11.8 Å². The zero-order valence-electron chi connectivity index (χ0n) is 17.8. The van der Waals surface area contributed by atoms with Gasteiger partial charge in [-0.25, -0.2) is 0 Å². The van der Waals surface area contributed by atoms with E-state index in [9.17, 15) is 22.8 Å². The van der Waals surface area contributed by atoms with Crippen molar-refractivity contribution in [1.82, 2.24) is 15.5 Å². The van der Waals surface area contributed by atoms with Crippen LogP contribution in [0.25, 0.3) is 0 Å². The number of anilines is 2. The molecule has 1 saturated carbocycles. The Morgan fingerprint density at radius 2 is 1.82 bits per heavy atom. The molecule has 1 atom stereocenters. The molecule has 0 bridgehead atoms. The van der Waals surface area contributed by atoms with Crippen LogP contribution in [0.5, 0.6) is 0 Å². The molecule has 1 aromatic heterocycles. The molecule has 33 heavy (non-hydrogen) atoms. The summed E-state index contributed by atoms with van der Waals surface area (Å²) in [7, 11) is 0. The van der Waals surface area contributed by atoms with Crippen LogP contribution in [0.1, 0.15) is 31.2 Å². The number of thioether (sulfide) groups is 1. The normalized spacial score (nSPS) is 18.6. The first-order chi connectivity index (χ1) is 15.8. The highest BCUT2D eigenvalue weighted by atomic mass is 32.2. The number of aromatic nitrogens is 2. The number of hydrogen-bond donors (Lipinski definition) is 2. The molecule has 0 spiro atoms. The summed E-state index contributed by atoms with van der Waals surface area (Å²) in [6, 6.07) is 8.23. The Morgan fingerprint density at radius 3 is 2.45 bits per heavy atom. The number of nitrogens with one attached hydrogen (secondary N) is 2. The summed E-state index contributed by atoms with van der Waals surface area (Å²) < 4.78 is 37.8. The van der Waals surface area contributed by atoms with E-state index in [0.29, 0.717) is 29.1 Å². The van der Waals surface area contributed by atoms with Gasteiger partial charge in [-0.15, -0.1) is 10.2 Å². The lowest BCUT2D eigenvalue weighted by Crippen LogP contribution is -2.44. The van der Waals surface area contributed by atoms with Gasteiger partial charge in [-0.1, -0.05) is 11.8 Å². The van der Waals surface area contributed by atoms with Crippen LogP contribution in [0.15, 0.2) is 41.4 Å². The Balaban J connectivity index is 1.25. The summed E-state index contributed by atoms with van der Waals surface area (Å²) in [6.07, 6.45) is -0.513. The molecule has 11 heteroatoms. The first-order valence-electron chi connectivity index (χ1n) is 10.8. The van der Waals surface area contributed by atoms with Crippen LogP contribution in [0.2, 0.25) is 0 Å². The molecule has 1 unspecified atom stereocenters. The average Bonchev–Trinajstić information content (AvgIpc) is 3.62. The Bertz CT molecular complexity index is 981. The molecule has 176 valence electrons. The van der Waals surface area contributed by atoms with Crippen LogP contribution in [-0.2, 0) is 15.8 Å². The summed E-state index contributed by atoms with van der Waals surface area (Å²) in [4.78, 5) is 26.5. The minimum atomic E-state index is -4.42. The van der Waals surface area contributed by atoms with Gasteiger partial charge in [-0.3, -0.25) is 9.59 Å². The third-order valence-electron chi connectivity index (χ3n) is 5.51. The van der Waals surface area contributed by atoms with Gasteiger partial charge in [0, 0.05) is 24.8 Å². The summed E-state index contributed by atoms with van der Waals surface area (Å²) >= 11 is 1.18. The molecule has 2 aromatic rings. The number of carbonyl (C=O) groups excluding carboxylic acids is 2. The fraction of sp³-hybridized carbons (Fsp3) is 0.455. The van der Waals surface area contributed by atoms with Gasteiger partial charge < -0.3 is 15.5 Å². The molecule has 2 fully saturated rings. The lowest BCUT2D eigenvalue weighted by Gasteiger charge is -2.32. The second-order valence-corrected chi connectivity index (χ2v) is 9.21. The minimum Gasteiger partial charge on any atom is -0.354 e. The van der Waals surface area contributed by atoms with Gasteiger partial charge in [0.05, 0.1) is 17.2 Å². The molecule has 1 aliphatic carbocycles. The molecule has 2 heterocycles. The maximum absolute atomic E-state index is 12.6. The van der Waals surface area contributed by atoms with E-state index in [4.69, 9.17) is 0 Å². The van der Waals surface area contributed by atoms with Gasteiger partial charge in [0.25, 0.3) is 0 Å². The zero-order valence-corrected chi connectivity index (χ0v) is 18.6. The molecule has 2 aliphatic rings. The van der Waals surface area contributed by atoms with Crippen LogP contribution in [0.3, 0.4) is 0 Å². The van der Waals surface area contributed by atoms with Crippen molar-refractivity contribution in [3.8, 4) is 0 Å². The van der Waals surface area contributed by atoms with Crippen molar-refractivity contribution in [2.45, 2.75) is 42.9 Å². The number of alkyl halides is 3. The van der Waals surface area contributed by atoms with E-state index < -0.39 is 11.7 Å². The third kappa shape index (κ3) is 6.59. The van der Waals surface area contributed by atoms with E-state index >= 15 is 0 Å². The molecule has 2 amide bonds. The van der Waals surface area contributed by atoms with Gasteiger partial charge >= 0.3 is 6.18 Å². The summed E-state index contributed by atoms with van der Waals surface area (Å²) in [5.41, 5.74) is -0.478. The number of hydrogen-bond acceptors (Lipinski definition) is 6. The fourth-order valence-electron chi connectivity index (χ4n) is 3.58. The number of nitrogens with zero attached hydrogens (tertiary/aromatic N) is 3. The quantitative estimate of drug-likeness (QED) is 0.589. The van der Waals surface area contributed by atoms with Crippen molar-refractivity contribution < 1.29 is 22.8 Å². The number of carbonyl (C=O) groups is 2. The van der Waals surface area contributed by atoms with E-state index in [2.05, 4.69) is 25.7 Å². The average molecular weight is 480 g/mol. The monoisotopic (exact) mass is 479 g/mol. The van der Waals surface area contributed by atoms with Gasteiger partial charge in [0.1, 0.15) is 5.03 Å². The molecule has 4 rings (SSSR count). The molecule has 7 nitrogen and oxygen atoms in total. The Hall–Kier alpha value is -2.82. The molecular weight excluding hydrogens is 455 g/mol. The summed E-state index contributed by atoms with van der Waals surface area (Å²) in [5.74, 6) is 0.441. The van der Waals surface area contributed by atoms with Crippen molar-refractivity contribution in [2.75, 3.05) is 29.1 Å². The van der Waals surface area contributed by atoms with Gasteiger partial charge in [-0.2, -0.15) is 13.2 Å². The maximum Gasteiger partial charge on any atom is 0.416 e. The molecule has 2 N–H and O–H groups in total. The number of halogens is 3. The topological polar surface area (TPSA) is 87.2 Å². The molecular formula is C22H24F3N5O2S. The van der Waals surface area contributed by atoms with E-state index in [0.717, 1.165) is 44.4 Å². The van der Waals surface area contributed by atoms with Crippen LogP contribution < -0.4 is 15.5 Å². The fourth-order valence-corrected chi connectivity index (χ4v) is 4.20. The van der Waals surface area contributed by atoms with Crippen molar-refractivity contribution >= 4 is 35.1 Å². The number of piperidine rings is 1. The van der Waals surface area contributed by atoms with Crippen molar-refractivity contribution in [2.24, 2.45) is 5.92 Å². The lowest BCUT2D eigenvalue weighted by molar-refractivity contribution is -0.137. The first-order valence-corrected chi connectivity index (χ1v) is 11.8. The number of amides is 2.